The number of carbonyl (C=O) groups is 1. The van der Waals surface area contributed by atoms with Gasteiger partial charge in [0.1, 0.15) is 12.4 Å². The molecule has 0 aliphatic heterocycles. The van der Waals surface area contributed by atoms with Gasteiger partial charge in [-0.05, 0) is 24.6 Å². The number of benzene rings is 1. The topological polar surface area (TPSA) is 81.4 Å². The Labute approximate surface area is 143 Å². The van der Waals surface area contributed by atoms with Gasteiger partial charge >= 0.3 is 0 Å². The smallest absolute Gasteiger partial charge is 0.231 e. The van der Waals surface area contributed by atoms with Gasteiger partial charge in [-0.3, -0.25) is 4.79 Å². The molecule has 1 amide bonds. The van der Waals surface area contributed by atoms with E-state index in [9.17, 15) is 9.18 Å². The van der Waals surface area contributed by atoms with Crippen LogP contribution in [0.15, 0.2) is 36.4 Å². The van der Waals surface area contributed by atoms with Gasteiger partial charge in [0, 0.05) is 18.1 Å². The van der Waals surface area contributed by atoms with Gasteiger partial charge in [0.25, 0.3) is 0 Å². The SMILES string of the molecule is CCCC(=O)NCCOc1ccc2nnc(-c3cccc(F)c3)n2n1. The molecule has 0 saturated carbocycles. The lowest BCUT2D eigenvalue weighted by Crippen LogP contribution is -2.27. The molecule has 3 rings (SSSR count). The van der Waals surface area contributed by atoms with E-state index in [0.29, 0.717) is 42.5 Å². The summed E-state index contributed by atoms with van der Waals surface area (Å²) in [6.07, 6.45) is 1.31. The summed E-state index contributed by atoms with van der Waals surface area (Å²) in [6.45, 7) is 2.65. The Kier molecular flexibility index (Phi) is 5.17. The Hall–Kier alpha value is -3.03. The van der Waals surface area contributed by atoms with E-state index in [1.165, 1.54) is 16.6 Å². The van der Waals surface area contributed by atoms with E-state index in [1.807, 2.05) is 6.92 Å². The Morgan fingerprint density at radius 1 is 1.28 bits per heavy atom. The molecule has 0 radical (unpaired) electrons. The number of carbonyl (C=O) groups excluding carboxylic acids is 1. The maximum Gasteiger partial charge on any atom is 0.231 e. The van der Waals surface area contributed by atoms with E-state index in [4.69, 9.17) is 4.74 Å². The van der Waals surface area contributed by atoms with Crippen molar-refractivity contribution >= 4 is 11.6 Å². The molecule has 130 valence electrons. The van der Waals surface area contributed by atoms with Crippen LogP contribution in [0.1, 0.15) is 19.8 Å². The summed E-state index contributed by atoms with van der Waals surface area (Å²) in [4.78, 5) is 11.4. The maximum absolute atomic E-state index is 13.4. The summed E-state index contributed by atoms with van der Waals surface area (Å²) < 4.78 is 20.5. The van der Waals surface area contributed by atoms with Crippen molar-refractivity contribution in [2.45, 2.75) is 19.8 Å². The minimum atomic E-state index is -0.357. The summed E-state index contributed by atoms with van der Waals surface area (Å²) in [6, 6.07) is 9.46. The third-order valence-corrected chi connectivity index (χ3v) is 3.47. The van der Waals surface area contributed by atoms with Crippen molar-refractivity contribution in [3.63, 3.8) is 0 Å². The Morgan fingerprint density at radius 3 is 2.96 bits per heavy atom. The molecule has 1 aromatic carbocycles. The molecule has 0 spiro atoms. The normalized spacial score (nSPS) is 10.8. The standard InChI is InChI=1S/C17H18FN5O2/c1-2-4-15(24)19-9-10-25-16-8-7-14-20-21-17(23(14)22-16)12-5-3-6-13(18)11-12/h3,5-8,11H,2,4,9-10H2,1H3,(H,19,24). The zero-order valence-corrected chi connectivity index (χ0v) is 13.8. The zero-order valence-electron chi connectivity index (χ0n) is 13.8. The number of nitrogens with one attached hydrogen (secondary N) is 1. The summed E-state index contributed by atoms with van der Waals surface area (Å²) in [5, 5.41) is 15.2. The first-order valence-corrected chi connectivity index (χ1v) is 8.05. The molecular weight excluding hydrogens is 325 g/mol. The number of hydrogen-bond acceptors (Lipinski definition) is 5. The van der Waals surface area contributed by atoms with Gasteiger partial charge in [0.05, 0.1) is 6.54 Å². The molecule has 8 heteroatoms. The molecule has 7 nitrogen and oxygen atoms in total. The molecule has 0 bridgehead atoms. The largest absolute Gasteiger partial charge is 0.475 e. The molecule has 0 aliphatic rings. The second kappa shape index (κ2) is 7.69. The highest BCUT2D eigenvalue weighted by Gasteiger charge is 2.11. The fourth-order valence-corrected chi connectivity index (χ4v) is 2.32. The van der Waals surface area contributed by atoms with E-state index < -0.39 is 0 Å². The molecule has 2 heterocycles. The number of nitrogens with zero attached hydrogens (tertiary/aromatic N) is 4. The fraction of sp³-hybridized carbons (Fsp3) is 0.294. The van der Waals surface area contributed by atoms with Crippen LogP contribution in [0, 0.1) is 5.82 Å². The van der Waals surface area contributed by atoms with Crippen molar-refractivity contribution < 1.29 is 13.9 Å². The molecule has 0 saturated heterocycles. The average molecular weight is 343 g/mol. The van der Waals surface area contributed by atoms with Crippen LogP contribution in [0.3, 0.4) is 0 Å². The number of amides is 1. The number of halogens is 1. The lowest BCUT2D eigenvalue weighted by molar-refractivity contribution is -0.121. The molecule has 0 atom stereocenters. The predicted octanol–water partition coefficient (Wildman–Crippen LogP) is 2.23. The summed E-state index contributed by atoms with van der Waals surface area (Å²) >= 11 is 0. The monoisotopic (exact) mass is 343 g/mol. The van der Waals surface area contributed by atoms with Crippen molar-refractivity contribution in [1.29, 1.82) is 0 Å². The molecule has 2 aromatic heterocycles. The van der Waals surface area contributed by atoms with Crippen LogP contribution in [0.25, 0.3) is 17.0 Å². The highest BCUT2D eigenvalue weighted by molar-refractivity contribution is 5.75. The molecule has 25 heavy (non-hydrogen) atoms. The van der Waals surface area contributed by atoms with Crippen molar-refractivity contribution in [2.75, 3.05) is 13.2 Å². The first-order valence-electron chi connectivity index (χ1n) is 8.05. The van der Waals surface area contributed by atoms with Gasteiger partial charge < -0.3 is 10.1 Å². The maximum atomic E-state index is 13.4. The van der Waals surface area contributed by atoms with E-state index in [1.54, 1.807) is 24.3 Å². The van der Waals surface area contributed by atoms with E-state index in [2.05, 4.69) is 20.6 Å². The lowest BCUT2D eigenvalue weighted by Gasteiger charge is -2.07. The second-order valence-corrected chi connectivity index (χ2v) is 5.42. The minimum Gasteiger partial charge on any atom is -0.475 e. The van der Waals surface area contributed by atoms with Crippen molar-refractivity contribution in [3.8, 4) is 17.3 Å². The highest BCUT2D eigenvalue weighted by atomic mass is 19.1. The van der Waals surface area contributed by atoms with E-state index >= 15 is 0 Å². The van der Waals surface area contributed by atoms with Crippen molar-refractivity contribution in [1.82, 2.24) is 25.1 Å². The average Bonchev–Trinajstić information content (AvgIpc) is 3.02. The van der Waals surface area contributed by atoms with Gasteiger partial charge in [0.2, 0.25) is 11.8 Å². The third kappa shape index (κ3) is 4.09. The van der Waals surface area contributed by atoms with E-state index in [-0.39, 0.29) is 11.7 Å². The number of aromatic nitrogens is 4. The van der Waals surface area contributed by atoms with Crippen LogP contribution in [0.5, 0.6) is 5.88 Å². The number of rotatable bonds is 7. The van der Waals surface area contributed by atoms with Gasteiger partial charge in [-0.1, -0.05) is 19.1 Å². The first kappa shape index (κ1) is 16.8. The Morgan fingerprint density at radius 2 is 2.16 bits per heavy atom. The van der Waals surface area contributed by atoms with Crippen LogP contribution in [-0.2, 0) is 4.79 Å². The van der Waals surface area contributed by atoms with Gasteiger partial charge in [-0.25, -0.2) is 4.39 Å². The van der Waals surface area contributed by atoms with Crippen LogP contribution in [-0.4, -0.2) is 38.9 Å². The van der Waals surface area contributed by atoms with Crippen LogP contribution >= 0.6 is 0 Å². The fourth-order valence-electron chi connectivity index (χ4n) is 2.32. The quantitative estimate of drug-likeness (QED) is 0.665. The van der Waals surface area contributed by atoms with Crippen LogP contribution < -0.4 is 10.1 Å². The number of hydrogen-bond donors (Lipinski definition) is 1. The molecule has 3 aromatic rings. The van der Waals surface area contributed by atoms with Crippen molar-refractivity contribution in [3.05, 3.63) is 42.2 Å². The summed E-state index contributed by atoms with van der Waals surface area (Å²) in [5.74, 6) is 0.442. The van der Waals surface area contributed by atoms with Crippen LogP contribution in [0.4, 0.5) is 4.39 Å². The first-order chi connectivity index (χ1) is 12.2. The summed E-state index contributed by atoms with van der Waals surface area (Å²) in [5.41, 5.74) is 1.10. The molecule has 0 unspecified atom stereocenters. The molecule has 0 fully saturated rings. The van der Waals surface area contributed by atoms with Gasteiger partial charge in [-0.15, -0.1) is 15.3 Å². The van der Waals surface area contributed by atoms with Crippen LogP contribution in [0.2, 0.25) is 0 Å². The Balaban J connectivity index is 1.71. The lowest BCUT2D eigenvalue weighted by atomic mass is 10.2. The predicted molar refractivity (Wildman–Crippen MR) is 89.6 cm³/mol. The van der Waals surface area contributed by atoms with Crippen molar-refractivity contribution in [2.24, 2.45) is 0 Å². The Bertz CT molecular complexity index is 880. The van der Waals surface area contributed by atoms with Gasteiger partial charge in [0.15, 0.2) is 11.5 Å². The molecule has 1 N–H and O–H groups in total. The number of fused-ring (bicyclic) bond motifs is 1. The second-order valence-electron chi connectivity index (χ2n) is 5.42. The van der Waals surface area contributed by atoms with Gasteiger partial charge in [-0.2, -0.15) is 4.52 Å². The summed E-state index contributed by atoms with van der Waals surface area (Å²) in [7, 11) is 0. The molecular formula is C17H18FN5O2. The minimum absolute atomic E-state index is 0.00158. The zero-order chi connectivity index (χ0) is 17.6. The third-order valence-electron chi connectivity index (χ3n) is 3.47. The van der Waals surface area contributed by atoms with E-state index in [0.717, 1.165) is 6.42 Å². The number of ether oxygens (including phenoxy) is 1. The molecule has 0 aliphatic carbocycles. The highest BCUT2D eigenvalue weighted by Crippen LogP contribution is 2.19.